The van der Waals surface area contributed by atoms with Crippen LogP contribution in [0.3, 0.4) is 0 Å². The maximum Gasteiger partial charge on any atom is 0.355 e. The second kappa shape index (κ2) is 6.68. The Morgan fingerprint density at radius 3 is 2.64 bits per heavy atom. The van der Waals surface area contributed by atoms with Crippen LogP contribution >= 0.6 is 11.8 Å². The SMILES string of the molecule is CC(=O)OCC1=C(C(=O)OC(C)(C)C)N2C(=O)[C@H](N)C2(NC=O)SC1. The largest absolute Gasteiger partial charge is 0.461 e. The van der Waals surface area contributed by atoms with Crippen LogP contribution in [-0.4, -0.2) is 58.2 Å². The maximum absolute atomic E-state index is 12.7. The molecular weight excluding hydrogens is 350 g/mol. The Labute approximate surface area is 149 Å². The highest BCUT2D eigenvalue weighted by atomic mass is 32.2. The predicted octanol–water partition coefficient (Wildman–Crippen LogP) is -0.539. The third-order valence-corrected chi connectivity index (χ3v) is 5.06. The summed E-state index contributed by atoms with van der Waals surface area (Å²) >= 11 is 1.18. The molecule has 1 saturated heterocycles. The van der Waals surface area contributed by atoms with E-state index in [0.717, 1.165) is 4.90 Å². The molecule has 0 bridgehead atoms. The van der Waals surface area contributed by atoms with E-state index in [4.69, 9.17) is 15.2 Å². The van der Waals surface area contributed by atoms with Gasteiger partial charge in [0.05, 0.1) is 0 Å². The molecular formula is C15H21N3O6S. The fourth-order valence-corrected chi connectivity index (χ4v) is 3.88. The minimum Gasteiger partial charge on any atom is -0.461 e. The minimum absolute atomic E-state index is 0.0454. The summed E-state index contributed by atoms with van der Waals surface area (Å²) in [5.74, 6) is -1.55. The smallest absolute Gasteiger partial charge is 0.355 e. The van der Waals surface area contributed by atoms with Crippen molar-refractivity contribution in [1.82, 2.24) is 10.2 Å². The lowest BCUT2D eigenvalue weighted by molar-refractivity contribution is -0.163. The lowest BCUT2D eigenvalue weighted by Gasteiger charge is -2.57. The second-order valence-electron chi connectivity index (χ2n) is 6.63. The number of carbonyl (C=O) groups is 4. The standard InChI is InChI=1S/C15H21N3O6S/c1-8(20)23-5-9-6-25-15(17-7-19)11(16)12(21)18(15)10(9)13(22)24-14(2,3)4/h7,11H,5-6,16H2,1-4H3,(H,17,19)/t11-,15?/m0/s1. The van der Waals surface area contributed by atoms with Crippen molar-refractivity contribution in [3.8, 4) is 0 Å². The Hall–Kier alpha value is -2.07. The van der Waals surface area contributed by atoms with Gasteiger partial charge in [-0.05, 0) is 20.8 Å². The van der Waals surface area contributed by atoms with Crippen molar-refractivity contribution in [3.05, 3.63) is 11.3 Å². The highest BCUT2D eigenvalue weighted by Crippen LogP contribution is 2.47. The van der Waals surface area contributed by atoms with Crippen molar-refractivity contribution in [1.29, 1.82) is 0 Å². The fourth-order valence-electron chi connectivity index (χ4n) is 2.54. The van der Waals surface area contributed by atoms with Crippen LogP contribution in [0.1, 0.15) is 27.7 Å². The number of rotatable bonds is 5. The maximum atomic E-state index is 12.7. The average Bonchev–Trinajstić information content (AvgIpc) is 2.50. The minimum atomic E-state index is -1.25. The molecule has 2 aliphatic rings. The molecule has 2 heterocycles. The van der Waals surface area contributed by atoms with Gasteiger partial charge in [-0.15, -0.1) is 11.8 Å². The first-order valence-corrected chi connectivity index (χ1v) is 8.55. The molecule has 1 unspecified atom stereocenters. The molecule has 2 rings (SSSR count). The van der Waals surface area contributed by atoms with Crippen LogP contribution in [0.2, 0.25) is 0 Å². The normalized spacial score (nSPS) is 25.7. The topological polar surface area (TPSA) is 128 Å². The Balaban J connectivity index is 2.45. The number of amides is 2. The summed E-state index contributed by atoms with van der Waals surface area (Å²) in [4.78, 5) is 47.0. The number of hydrogen-bond donors (Lipinski definition) is 2. The summed E-state index contributed by atoms with van der Waals surface area (Å²) in [5.41, 5.74) is 5.44. The van der Waals surface area contributed by atoms with Gasteiger partial charge >= 0.3 is 11.9 Å². The monoisotopic (exact) mass is 371 g/mol. The van der Waals surface area contributed by atoms with E-state index in [9.17, 15) is 19.2 Å². The fraction of sp³-hybridized carbons (Fsp3) is 0.600. The van der Waals surface area contributed by atoms with Gasteiger partial charge in [-0.2, -0.15) is 0 Å². The van der Waals surface area contributed by atoms with E-state index >= 15 is 0 Å². The van der Waals surface area contributed by atoms with Gasteiger partial charge in [-0.1, -0.05) is 0 Å². The molecule has 2 amide bonds. The van der Waals surface area contributed by atoms with Crippen LogP contribution in [0.15, 0.2) is 11.3 Å². The third-order valence-electron chi connectivity index (χ3n) is 3.57. The molecule has 9 nitrogen and oxygen atoms in total. The third kappa shape index (κ3) is 3.49. The summed E-state index contributed by atoms with van der Waals surface area (Å²) in [5, 5.41) is 2.52. The number of β-lactam (4-membered cyclic amide) rings is 1. The summed E-state index contributed by atoms with van der Waals surface area (Å²) < 4.78 is 10.4. The van der Waals surface area contributed by atoms with Crippen LogP contribution in [-0.2, 0) is 28.7 Å². The highest BCUT2D eigenvalue weighted by Gasteiger charge is 2.64. The van der Waals surface area contributed by atoms with Gasteiger partial charge in [0.25, 0.3) is 5.91 Å². The molecule has 0 radical (unpaired) electrons. The van der Waals surface area contributed by atoms with Crippen LogP contribution in [0.4, 0.5) is 0 Å². The number of hydrogen-bond acceptors (Lipinski definition) is 8. The van der Waals surface area contributed by atoms with Crippen molar-refractivity contribution in [2.45, 2.75) is 44.3 Å². The van der Waals surface area contributed by atoms with E-state index in [1.165, 1.54) is 18.7 Å². The molecule has 0 aromatic carbocycles. The number of nitrogens with two attached hydrogens (primary N) is 1. The van der Waals surface area contributed by atoms with Gasteiger partial charge in [0.1, 0.15) is 23.9 Å². The van der Waals surface area contributed by atoms with Crippen molar-refractivity contribution < 1.29 is 28.7 Å². The molecule has 2 atom stereocenters. The van der Waals surface area contributed by atoms with Gasteiger partial charge in [-0.3, -0.25) is 19.3 Å². The average molecular weight is 371 g/mol. The van der Waals surface area contributed by atoms with E-state index in [0.29, 0.717) is 12.0 Å². The quantitative estimate of drug-likeness (QED) is 0.375. The van der Waals surface area contributed by atoms with Crippen LogP contribution in [0.25, 0.3) is 0 Å². The van der Waals surface area contributed by atoms with Gasteiger partial charge in [-0.25, -0.2) is 4.79 Å². The molecule has 0 aromatic rings. The number of nitrogens with one attached hydrogen (secondary N) is 1. The van der Waals surface area contributed by atoms with Gasteiger partial charge in [0.2, 0.25) is 6.41 Å². The molecule has 10 heteroatoms. The Kier molecular flexibility index (Phi) is 5.14. The number of thioether (sulfide) groups is 1. The van der Waals surface area contributed by atoms with E-state index < -0.39 is 34.5 Å². The Morgan fingerprint density at radius 2 is 2.12 bits per heavy atom. The zero-order valence-corrected chi connectivity index (χ0v) is 15.3. The van der Waals surface area contributed by atoms with E-state index in [2.05, 4.69) is 5.32 Å². The van der Waals surface area contributed by atoms with Crippen LogP contribution in [0, 0.1) is 0 Å². The highest BCUT2D eigenvalue weighted by molar-refractivity contribution is 8.01. The van der Waals surface area contributed by atoms with Crippen LogP contribution in [0.5, 0.6) is 0 Å². The first kappa shape index (κ1) is 19.3. The van der Waals surface area contributed by atoms with E-state index in [-0.39, 0.29) is 18.1 Å². The van der Waals surface area contributed by atoms with Gasteiger partial charge < -0.3 is 20.5 Å². The predicted molar refractivity (Wildman–Crippen MR) is 88.7 cm³/mol. The first-order valence-electron chi connectivity index (χ1n) is 7.57. The van der Waals surface area contributed by atoms with Gasteiger partial charge in [0.15, 0.2) is 4.99 Å². The number of fused-ring (bicyclic) bond motifs is 1. The Morgan fingerprint density at radius 1 is 1.48 bits per heavy atom. The number of carbonyl (C=O) groups excluding carboxylic acids is 4. The molecule has 1 fully saturated rings. The summed E-state index contributed by atoms with van der Waals surface area (Å²) in [6.45, 7) is 6.15. The lowest BCUT2D eigenvalue weighted by Crippen LogP contribution is -2.82. The summed E-state index contributed by atoms with van der Waals surface area (Å²) in [6.07, 6.45) is 0.427. The van der Waals surface area contributed by atoms with E-state index in [1.807, 2.05) is 0 Å². The number of nitrogens with zero attached hydrogens (tertiary/aromatic N) is 1. The molecule has 2 aliphatic heterocycles. The zero-order chi connectivity index (χ0) is 19.0. The number of esters is 2. The summed E-state index contributed by atoms with van der Waals surface area (Å²) in [7, 11) is 0. The van der Waals surface area contributed by atoms with Crippen molar-refractivity contribution >= 4 is 36.0 Å². The van der Waals surface area contributed by atoms with Gasteiger partial charge in [0, 0.05) is 18.2 Å². The van der Waals surface area contributed by atoms with Crippen molar-refractivity contribution in [2.75, 3.05) is 12.4 Å². The van der Waals surface area contributed by atoms with Crippen molar-refractivity contribution in [2.24, 2.45) is 5.73 Å². The Bertz CT molecular complexity index is 656. The lowest BCUT2D eigenvalue weighted by atomic mass is 9.98. The van der Waals surface area contributed by atoms with Crippen LogP contribution < -0.4 is 11.1 Å². The molecule has 3 N–H and O–H groups in total. The number of ether oxygens (including phenoxy) is 2. The van der Waals surface area contributed by atoms with E-state index in [1.54, 1.807) is 20.8 Å². The molecule has 0 spiro atoms. The second-order valence-corrected chi connectivity index (χ2v) is 7.83. The molecule has 138 valence electrons. The first-order chi connectivity index (χ1) is 11.5. The zero-order valence-electron chi connectivity index (χ0n) is 14.5. The summed E-state index contributed by atoms with van der Waals surface area (Å²) in [6, 6.07) is -0.990. The molecule has 0 aromatic heterocycles. The molecule has 0 saturated carbocycles. The molecule has 0 aliphatic carbocycles. The molecule has 25 heavy (non-hydrogen) atoms. The van der Waals surface area contributed by atoms with Crippen molar-refractivity contribution in [3.63, 3.8) is 0 Å².